The lowest BCUT2D eigenvalue weighted by molar-refractivity contribution is -0.135. The van der Waals surface area contributed by atoms with Gasteiger partial charge in [-0.1, -0.05) is 0 Å². The molecule has 2 aliphatic rings. The molecule has 6 nitrogen and oxygen atoms in total. The normalized spacial score (nSPS) is 21.0. The predicted molar refractivity (Wildman–Crippen MR) is 92.1 cm³/mol. The molecule has 2 heterocycles. The van der Waals surface area contributed by atoms with Crippen LogP contribution in [0.1, 0.15) is 25.7 Å². The molecule has 0 bridgehead atoms. The van der Waals surface area contributed by atoms with E-state index in [4.69, 9.17) is 16.6 Å². The Hall–Kier alpha value is -2.15. The van der Waals surface area contributed by atoms with Crippen molar-refractivity contribution >= 4 is 40.8 Å². The predicted octanol–water partition coefficient (Wildman–Crippen LogP) is 3.08. The molecule has 4 rings (SSSR count). The lowest BCUT2D eigenvalue weighted by atomic mass is 9.96. The van der Waals surface area contributed by atoms with Gasteiger partial charge in [0.2, 0.25) is 11.8 Å². The summed E-state index contributed by atoms with van der Waals surface area (Å²) in [5.74, 6) is 0.224. The number of carbonyl (C=O) groups excluding carboxylic acids is 2. The van der Waals surface area contributed by atoms with Crippen LogP contribution in [0.3, 0.4) is 0 Å². The first-order valence-electron chi connectivity index (χ1n) is 8.33. The number of nitrogens with one attached hydrogen (secondary N) is 2. The van der Waals surface area contributed by atoms with Crippen LogP contribution in [-0.4, -0.2) is 34.8 Å². The van der Waals surface area contributed by atoms with Gasteiger partial charge in [-0.15, -0.1) is 0 Å². The molecular weight excluding hydrogens is 326 g/mol. The standard InChI is InChI=1S/C17H19N3O3S/c21-15(11-2-1-7-20(9-11)16(22)10-3-4-10)18-12-5-6-13-14(8-12)23-17(24)19-13/h5-6,8,10-11H,1-4,7,9H2,(H,18,21)(H,19,24)/t11-/m0/s1. The third-order valence-electron chi connectivity index (χ3n) is 4.72. The van der Waals surface area contributed by atoms with Crippen molar-refractivity contribution in [1.82, 2.24) is 9.88 Å². The zero-order valence-electron chi connectivity index (χ0n) is 13.2. The van der Waals surface area contributed by atoms with Crippen molar-refractivity contribution in [2.24, 2.45) is 11.8 Å². The highest BCUT2D eigenvalue weighted by atomic mass is 32.1. The van der Waals surface area contributed by atoms with Crippen molar-refractivity contribution < 1.29 is 14.0 Å². The van der Waals surface area contributed by atoms with E-state index < -0.39 is 0 Å². The van der Waals surface area contributed by atoms with Crippen molar-refractivity contribution in [3.63, 3.8) is 0 Å². The number of likely N-dealkylation sites (tertiary alicyclic amines) is 1. The summed E-state index contributed by atoms with van der Waals surface area (Å²) in [7, 11) is 0. The molecule has 1 saturated carbocycles. The second-order valence-corrected chi connectivity index (χ2v) is 6.98. The van der Waals surface area contributed by atoms with Gasteiger partial charge in [-0.3, -0.25) is 9.59 Å². The Morgan fingerprint density at radius 2 is 2.08 bits per heavy atom. The highest BCUT2D eigenvalue weighted by Gasteiger charge is 2.36. The maximum atomic E-state index is 12.6. The molecule has 0 spiro atoms. The number of piperidine rings is 1. The van der Waals surface area contributed by atoms with Crippen LogP contribution in [0, 0.1) is 16.7 Å². The number of oxazole rings is 1. The molecule has 24 heavy (non-hydrogen) atoms. The highest BCUT2D eigenvalue weighted by molar-refractivity contribution is 7.71. The second-order valence-electron chi connectivity index (χ2n) is 6.61. The van der Waals surface area contributed by atoms with Crippen LogP contribution in [-0.2, 0) is 9.59 Å². The Bertz CT molecular complexity index is 852. The quantitative estimate of drug-likeness (QED) is 0.838. The minimum absolute atomic E-state index is 0.0446. The first kappa shape index (κ1) is 15.4. The fraction of sp³-hybridized carbons (Fsp3) is 0.471. The molecule has 1 aromatic heterocycles. The lowest BCUT2D eigenvalue weighted by Gasteiger charge is -2.32. The first-order valence-corrected chi connectivity index (χ1v) is 8.73. The van der Waals surface area contributed by atoms with Crippen molar-refractivity contribution in [1.29, 1.82) is 0 Å². The van der Waals surface area contributed by atoms with E-state index in [9.17, 15) is 9.59 Å². The highest BCUT2D eigenvalue weighted by Crippen LogP contribution is 2.32. The number of hydrogen-bond acceptors (Lipinski definition) is 4. The Morgan fingerprint density at radius 1 is 1.25 bits per heavy atom. The largest absolute Gasteiger partial charge is 0.429 e. The number of amides is 2. The summed E-state index contributed by atoms with van der Waals surface area (Å²) < 4.78 is 5.37. The topological polar surface area (TPSA) is 78.3 Å². The summed E-state index contributed by atoms with van der Waals surface area (Å²) in [6.45, 7) is 1.29. The van der Waals surface area contributed by atoms with Crippen molar-refractivity contribution in [2.45, 2.75) is 25.7 Å². The third-order valence-corrected chi connectivity index (χ3v) is 4.90. The van der Waals surface area contributed by atoms with Gasteiger partial charge >= 0.3 is 0 Å². The molecule has 2 fully saturated rings. The summed E-state index contributed by atoms with van der Waals surface area (Å²) in [5.41, 5.74) is 2.10. The van der Waals surface area contributed by atoms with Crippen LogP contribution < -0.4 is 5.32 Å². The maximum absolute atomic E-state index is 12.6. The van der Waals surface area contributed by atoms with E-state index in [1.807, 2.05) is 17.0 Å². The number of aromatic nitrogens is 1. The smallest absolute Gasteiger partial charge is 0.266 e. The van der Waals surface area contributed by atoms with Gasteiger partial charge in [0.15, 0.2) is 5.58 Å². The minimum atomic E-state index is -0.158. The van der Waals surface area contributed by atoms with E-state index in [1.54, 1.807) is 6.07 Å². The maximum Gasteiger partial charge on any atom is 0.266 e. The summed E-state index contributed by atoms with van der Waals surface area (Å²) >= 11 is 4.96. The molecule has 0 unspecified atom stereocenters. The van der Waals surface area contributed by atoms with Crippen LogP contribution >= 0.6 is 12.2 Å². The molecule has 2 N–H and O–H groups in total. The molecule has 126 valence electrons. The number of fused-ring (bicyclic) bond motifs is 1. The summed E-state index contributed by atoms with van der Waals surface area (Å²) in [5, 5.41) is 2.93. The van der Waals surface area contributed by atoms with Crippen LogP contribution in [0.15, 0.2) is 22.6 Å². The van der Waals surface area contributed by atoms with Crippen LogP contribution in [0.25, 0.3) is 11.1 Å². The molecule has 2 aromatic rings. The van der Waals surface area contributed by atoms with Gasteiger partial charge in [0.05, 0.1) is 11.4 Å². The van der Waals surface area contributed by atoms with Gasteiger partial charge in [0.25, 0.3) is 4.84 Å². The Morgan fingerprint density at radius 3 is 2.88 bits per heavy atom. The van der Waals surface area contributed by atoms with E-state index in [-0.39, 0.29) is 23.7 Å². The van der Waals surface area contributed by atoms with E-state index in [1.165, 1.54) is 0 Å². The molecule has 7 heteroatoms. The third kappa shape index (κ3) is 3.08. The van der Waals surface area contributed by atoms with E-state index in [2.05, 4.69) is 10.3 Å². The van der Waals surface area contributed by atoms with E-state index >= 15 is 0 Å². The number of anilines is 1. The molecule has 1 aliphatic heterocycles. The molecule has 1 atom stereocenters. The molecule has 1 aliphatic carbocycles. The Kier molecular flexibility index (Phi) is 3.88. The molecular formula is C17H19N3O3S. The van der Waals surface area contributed by atoms with Gasteiger partial charge in [0.1, 0.15) is 0 Å². The Balaban J connectivity index is 1.44. The average Bonchev–Trinajstić information content (AvgIpc) is 3.36. The number of H-pyrrole nitrogens is 1. The summed E-state index contributed by atoms with van der Waals surface area (Å²) in [4.78, 5) is 29.9. The van der Waals surface area contributed by atoms with Gasteiger partial charge in [-0.05, 0) is 50.0 Å². The minimum Gasteiger partial charge on any atom is -0.429 e. The second kappa shape index (κ2) is 6.05. The lowest BCUT2D eigenvalue weighted by Crippen LogP contribution is -2.44. The average molecular weight is 345 g/mol. The molecule has 2 amide bonds. The van der Waals surface area contributed by atoms with Crippen molar-refractivity contribution in [3.8, 4) is 0 Å². The molecule has 1 saturated heterocycles. The number of aromatic amines is 1. The monoisotopic (exact) mass is 345 g/mol. The van der Waals surface area contributed by atoms with Gasteiger partial charge in [-0.2, -0.15) is 0 Å². The van der Waals surface area contributed by atoms with E-state index in [0.29, 0.717) is 22.7 Å². The summed E-state index contributed by atoms with van der Waals surface area (Å²) in [6.07, 6.45) is 3.68. The number of carbonyl (C=O) groups is 2. The van der Waals surface area contributed by atoms with Gasteiger partial charge in [-0.25, -0.2) is 0 Å². The van der Waals surface area contributed by atoms with Crippen LogP contribution in [0.2, 0.25) is 0 Å². The zero-order chi connectivity index (χ0) is 16.7. The molecule has 1 aromatic carbocycles. The van der Waals surface area contributed by atoms with Crippen molar-refractivity contribution in [3.05, 3.63) is 23.0 Å². The number of benzene rings is 1. The summed E-state index contributed by atoms with van der Waals surface area (Å²) in [6, 6.07) is 5.40. The molecule has 0 radical (unpaired) electrons. The number of nitrogens with zero attached hydrogens (tertiary/aromatic N) is 1. The SMILES string of the molecule is O=C(Nc1ccc2[nH]c(=S)oc2c1)[C@H]1CCCN(C(=O)C2CC2)C1. The fourth-order valence-electron chi connectivity index (χ4n) is 3.25. The number of hydrogen-bond donors (Lipinski definition) is 2. The zero-order valence-corrected chi connectivity index (χ0v) is 14.0. The van der Waals surface area contributed by atoms with Gasteiger partial charge < -0.3 is 19.6 Å². The van der Waals surface area contributed by atoms with Crippen molar-refractivity contribution in [2.75, 3.05) is 18.4 Å². The fourth-order valence-corrected chi connectivity index (χ4v) is 3.45. The number of rotatable bonds is 3. The van der Waals surface area contributed by atoms with Gasteiger partial charge in [0, 0.05) is 30.8 Å². The first-order chi connectivity index (χ1) is 11.6. The van der Waals surface area contributed by atoms with Crippen LogP contribution in [0.5, 0.6) is 0 Å². The van der Waals surface area contributed by atoms with Crippen LogP contribution in [0.4, 0.5) is 5.69 Å². The Labute approximate surface area is 144 Å². The van der Waals surface area contributed by atoms with E-state index in [0.717, 1.165) is 37.7 Å².